The largest absolute Gasteiger partial charge is 0.384 e. The lowest BCUT2D eigenvalue weighted by molar-refractivity contribution is 0.256. The van der Waals surface area contributed by atoms with Crippen LogP contribution in [0.4, 0.5) is 17.5 Å². The van der Waals surface area contributed by atoms with E-state index >= 15 is 0 Å². The van der Waals surface area contributed by atoms with Gasteiger partial charge in [-0.15, -0.1) is 0 Å². The molecule has 1 aromatic carbocycles. The van der Waals surface area contributed by atoms with E-state index in [1.54, 1.807) is 0 Å². The van der Waals surface area contributed by atoms with Gasteiger partial charge < -0.3 is 15.1 Å². The fourth-order valence-corrected chi connectivity index (χ4v) is 4.75. The second-order valence-corrected chi connectivity index (χ2v) is 8.97. The molecule has 2 aliphatic heterocycles. The summed E-state index contributed by atoms with van der Waals surface area (Å²) in [6, 6.07) is 9.95. The fraction of sp³-hybridized carbons (Fsp3) is 0.458. The summed E-state index contributed by atoms with van der Waals surface area (Å²) >= 11 is 6.09. The van der Waals surface area contributed by atoms with E-state index in [1.165, 1.54) is 12.8 Å². The van der Waals surface area contributed by atoms with Crippen molar-refractivity contribution in [2.24, 2.45) is 0 Å². The van der Waals surface area contributed by atoms with E-state index in [2.05, 4.69) is 30.0 Å². The zero-order chi connectivity index (χ0) is 21.8. The highest BCUT2D eigenvalue weighted by Crippen LogP contribution is 2.24. The number of piperazine rings is 1. The first-order chi connectivity index (χ1) is 15.8. The smallest absolute Gasteiger partial charge is 0.227 e. The quantitative estimate of drug-likeness (QED) is 0.546. The molecule has 5 rings (SSSR count). The zero-order valence-electron chi connectivity index (χ0n) is 18.4. The summed E-state index contributed by atoms with van der Waals surface area (Å²) in [4.78, 5) is 21.0. The van der Waals surface area contributed by atoms with Gasteiger partial charge in [-0.1, -0.05) is 11.6 Å². The Morgan fingerprint density at radius 3 is 2.53 bits per heavy atom. The van der Waals surface area contributed by atoms with Gasteiger partial charge in [-0.3, -0.25) is 9.88 Å². The number of aromatic nitrogens is 3. The number of hydrogen-bond acceptors (Lipinski definition) is 7. The highest BCUT2D eigenvalue weighted by Gasteiger charge is 2.20. The van der Waals surface area contributed by atoms with Gasteiger partial charge in [-0.05, 0) is 56.1 Å². The van der Waals surface area contributed by atoms with E-state index in [1.807, 2.05) is 42.7 Å². The van der Waals surface area contributed by atoms with Crippen molar-refractivity contribution in [1.82, 2.24) is 19.9 Å². The second kappa shape index (κ2) is 9.88. The number of anilines is 3. The number of pyridine rings is 1. The zero-order valence-corrected chi connectivity index (χ0v) is 19.1. The van der Waals surface area contributed by atoms with Crippen molar-refractivity contribution in [3.05, 3.63) is 47.7 Å². The summed E-state index contributed by atoms with van der Waals surface area (Å²) in [7, 11) is 0. The van der Waals surface area contributed by atoms with Gasteiger partial charge in [0, 0.05) is 74.3 Å². The van der Waals surface area contributed by atoms with E-state index in [-0.39, 0.29) is 0 Å². The summed E-state index contributed by atoms with van der Waals surface area (Å²) in [5.41, 5.74) is 2.05. The third kappa shape index (κ3) is 4.89. The van der Waals surface area contributed by atoms with Crippen LogP contribution >= 0.6 is 11.6 Å². The van der Waals surface area contributed by atoms with E-state index in [4.69, 9.17) is 16.6 Å². The first-order valence-electron chi connectivity index (χ1n) is 11.6. The third-order valence-corrected chi connectivity index (χ3v) is 6.62. The van der Waals surface area contributed by atoms with E-state index in [0.717, 1.165) is 92.2 Å². The van der Waals surface area contributed by atoms with Crippen molar-refractivity contribution in [2.75, 3.05) is 67.5 Å². The van der Waals surface area contributed by atoms with Crippen LogP contribution in [-0.4, -0.2) is 72.2 Å². The van der Waals surface area contributed by atoms with Gasteiger partial charge in [-0.2, -0.15) is 4.98 Å². The molecule has 2 saturated heterocycles. The molecular weight excluding hydrogens is 422 g/mol. The van der Waals surface area contributed by atoms with Crippen molar-refractivity contribution < 1.29 is 0 Å². The van der Waals surface area contributed by atoms with Crippen LogP contribution in [0.2, 0.25) is 5.02 Å². The first kappa shape index (κ1) is 21.2. The van der Waals surface area contributed by atoms with Crippen molar-refractivity contribution in [2.45, 2.75) is 19.3 Å². The number of halogens is 1. The maximum Gasteiger partial charge on any atom is 0.227 e. The maximum atomic E-state index is 6.09. The van der Waals surface area contributed by atoms with E-state index < -0.39 is 0 Å². The molecule has 0 radical (unpaired) electrons. The minimum absolute atomic E-state index is 0.718. The molecule has 4 heterocycles. The molecule has 0 spiro atoms. The number of hydrogen-bond donors (Lipinski definition) is 1. The Hall–Kier alpha value is -2.64. The van der Waals surface area contributed by atoms with Gasteiger partial charge in [0.05, 0.1) is 5.52 Å². The molecule has 0 aliphatic carbocycles. The predicted octanol–water partition coefficient (Wildman–Crippen LogP) is 3.90. The average molecular weight is 452 g/mol. The molecule has 2 fully saturated rings. The molecule has 2 aromatic heterocycles. The summed E-state index contributed by atoms with van der Waals surface area (Å²) < 4.78 is 0. The molecule has 32 heavy (non-hydrogen) atoms. The van der Waals surface area contributed by atoms with Crippen LogP contribution in [0.3, 0.4) is 0 Å². The number of fused-ring (bicyclic) bond motifs is 1. The minimum Gasteiger partial charge on any atom is -0.384 e. The Kier molecular flexibility index (Phi) is 6.55. The number of nitrogens with zero attached hydrogens (tertiary/aromatic N) is 6. The SMILES string of the molecule is Clc1ccc2c(NCCCN3CCN(c4ccnc(N5CCCC5)n4)CC3)ccnc2c1. The summed E-state index contributed by atoms with van der Waals surface area (Å²) in [5.74, 6) is 1.95. The molecule has 0 atom stereocenters. The second-order valence-electron chi connectivity index (χ2n) is 8.54. The normalized spacial score (nSPS) is 17.3. The molecular formula is C24H30ClN7. The molecule has 8 heteroatoms. The summed E-state index contributed by atoms with van der Waals surface area (Å²) in [5, 5.41) is 5.41. The Balaban J connectivity index is 1.08. The number of benzene rings is 1. The van der Waals surface area contributed by atoms with Gasteiger partial charge in [-0.25, -0.2) is 4.98 Å². The highest BCUT2D eigenvalue weighted by molar-refractivity contribution is 6.31. The molecule has 0 bridgehead atoms. The minimum atomic E-state index is 0.718. The van der Waals surface area contributed by atoms with Crippen LogP contribution in [0.1, 0.15) is 19.3 Å². The maximum absolute atomic E-state index is 6.09. The highest BCUT2D eigenvalue weighted by atomic mass is 35.5. The van der Waals surface area contributed by atoms with Gasteiger partial charge >= 0.3 is 0 Å². The lowest BCUT2D eigenvalue weighted by Crippen LogP contribution is -2.47. The van der Waals surface area contributed by atoms with Gasteiger partial charge in [0.15, 0.2) is 0 Å². The van der Waals surface area contributed by atoms with Crippen molar-refractivity contribution in [3.63, 3.8) is 0 Å². The molecule has 2 aliphatic rings. The third-order valence-electron chi connectivity index (χ3n) is 6.38. The molecule has 3 aromatic rings. The topological polar surface area (TPSA) is 60.4 Å². The molecule has 0 unspecified atom stereocenters. The summed E-state index contributed by atoms with van der Waals surface area (Å²) in [6.07, 6.45) is 7.33. The number of rotatable bonds is 7. The predicted molar refractivity (Wildman–Crippen MR) is 132 cm³/mol. The molecule has 7 nitrogen and oxygen atoms in total. The lowest BCUT2D eigenvalue weighted by Gasteiger charge is -2.35. The van der Waals surface area contributed by atoms with Gasteiger partial charge in [0.1, 0.15) is 5.82 Å². The van der Waals surface area contributed by atoms with Crippen molar-refractivity contribution in [3.8, 4) is 0 Å². The summed E-state index contributed by atoms with van der Waals surface area (Å²) in [6.45, 7) is 8.35. The Morgan fingerprint density at radius 2 is 1.69 bits per heavy atom. The average Bonchev–Trinajstić information content (AvgIpc) is 3.37. The van der Waals surface area contributed by atoms with E-state index in [9.17, 15) is 0 Å². The molecule has 0 saturated carbocycles. The Morgan fingerprint density at radius 1 is 0.875 bits per heavy atom. The van der Waals surface area contributed by atoms with Crippen LogP contribution in [-0.2, 0) is 0 Å². The standard InChI is InChI=1S/C24H30ClN7/c25-19-4-5-20-21(6-9-27-22(20)18-19)26-8-3-11-30-14-16-31(17-15-30)23-7-10-28-24(29-23)32-12-1-2-13-32/h4-7,9-10,18H,1-3,8,11-17H2,(H,26,27). The fourth-order valence-electron chi connectivity index (χ4n) is 4.59. The van der Waals surface area contributed by atoms with E-state index in [0.29, 0.717) is 0 Å². The van der Waals surface area contributed by atoms with Crippen molar-refractivity contribution in [1.29, 1.82) is 0 Å². The Labute approximate surface area is 194 Å². The number of nitrogens with one attached hydrogen (secondary N) is 1. The monoisotopic (exact) mass is 451 g/mol. The van der Waals surface area contributed by atoms with Crippen LogP contribution in [0, 0.1) is 0 Å². The molecule has 1 N–H and O–H groups in total. The molecule has 168 valence electrons. The van der Waals surface area contributed by atoms with Crippen LogP contribution < -0.4 is 15.1 Å². The molecule has 0 amide bonds. The first-order valence-corrected chi connectivity index (χ1v) is 12.0. The van der Waals surface area contributed by atoms with Crippen LogP contribution in [0.15, 0.2) is 42.7 Å². The van der Waals surface area contributed by atoms with Crippen molar-refractivity contribution >= 4 is 40.0 Å². The van der Waals surface area contributed by atoms with Crippen LogP contribution in [0.5, 0.6) is 0 Å². The van der Waals surface area contributed by atoms with Crippen LogP contribution in [0.25, 0.3) is 10.9 Å². The van der Waals surface area contributed by atoms with Gasteiger partial charge in [0.25, 0.3) is 0 Å². The van der Waals surface area contributed by atoms with Gasteiger partial charge in [0.2, 0.25) is 5.95 Å². The lowest BCUT2D eigenvalue weighted by atomic mass is 10.2. The Bertz CT molecular complexity index is 1050.